The lowest BCUT2D eigenvalue weighted by Gasteiger charge is -2.24. The normalized spacial score (nSPS) is 10.9. The zero-order valence-corrected chi connectivity index (χ0v) is 13.4. The average Bonchev–Trinajstić information content (AvgIpc) is 2.37. The maximum Gasteiger partial charge on any atom is 0.223 e. The molecule has 5 heteroatoms. The quantitative estimate of drug-likeness (QED) is 0.906. The van der Waals surface area contributed by atoms with E-state index in [0.717, 1.165) is 11.4 Å². The monoisotopic (exact) mass is 292 g/mol. The third kappa shape index (κ3) is 5.85. The number of hydrogen-bond donors (Lipinski definition) is 1. The smallest absolute Gasteiger partial charge is 0.223 e. The molecule has 5 nitrogen and oxygen atoms in total. The van der Waals surface area contributed by atoms with Crippen LogP contribution in [0.25, 0.3) is 0 Å². The second-order valence-corrected chi connectivity index (χ2v) is 5.92. The first kappa shape index (κ1) is 17.0. The molecule has 0 saturated heterocycles. The maximum atomic E-state index is 11.8. The number of benzene rings is 1. The van der Waals surface area contributed by atoms with E-state index < -0.39 is 0 Å². The van der Waals surface area contributed by atoms with Gasteiger partial charge in [-0.25, -0.2) is 0 Å². The van der Waals surface area contributed by atoms with Crippen LogP contribution in [0.1, 0.15) is 34.1 Å². The first-order valence-corrected chi connectivity index (χ1v) is 6.96. The maximum absolute atomic E-state index is 11.8. The highest BCUT2D eigenvalue weighted by molar-refractivity contribution is 5.92. The van der Waals surface area contributed by atoms with Crippen LogP contribution in [-0.2, 0) is 9.59 Å². The summed E-state index contributed by atoms with van der Waals surface area (Å²) in [6.07, 6.45) is 0.267. The van der Waals surface area contributed by atoms with Gasteiger partial charge in [-0.2, -0.15) is 0 Å². The summed E-state index contributed by atoms with van der Waals surface area (Å²) in [7, 11) is 1.59. The molecule has 1 aromatic carbocycles. The Kier molecular flexibility index (Phi) is 5.76. The molecular weight excluding hydrogens is 268 g/mol. The van der Waals surface area contributed by atoms with Crippen molar-refractivity contribution < 1.29 is 14.3 Å². The van der Waals surface area contributed by atoms with Crippen molar-refractivity contribution in [1.82, 2.24) is 5.32 Å². The lowest BCUT2D eigenvalue weighted by molar-refractivity contribution is -0.122. The molecule has 0 bridgehead atoms. The first-order chi connectivity index (χ1) is 9.73. The number of methoxy groups -OCH3 is 1. The fourth-order valence-corrected chi connectivity index (χ4v) is 1.92. The Morgan fingerprint density at radius 1 is 1.19 bits per heavy atom. The van der Waals surface area contributed by atoms with Crippen LogP contribution in [0.5, 0.6) is 5.75 Å². The summed E-state index contributed by atoms with van der Waals surface area (Å²) in [5.41, 5.74) is 0.491. The van der Waals surface area contributed by atoms with Gasteiger partial charge in [-0.15, -0.1) is 0 Å². The molecule has 1 rings (SSSR count). The second-order valence-electron chi connectivity index (χ2n) is 5.92. The average molecular weight is 292 g/mol. The number of carbonyl (C=O) groups excluding carboxylic acids is 2. The van der Waals surface area contributed by atoms with Crippen molar-refractivity contribution in [3.8, 4) is 5.75 Å². The van der Waals surface area contributed by atoms with Crippen molar-refractivity contribution in [2.24, 2.45) is 0 Å². The van der Waals surface area contributed by atoms with Gasteiger partial charge >= 0.3 is 0 Å². The van der Waals surface area contributed by atoms with Gasteiger partial charge in [0, 0.05) is 31.1 Å². The van der Waals surface area contributed by atoms with Crippen LogP contribution in [0, 0.1) is 0 Å². The highest BCUT2D eigenvalue weighted by Gasteiger charge is 2.17. The number of rotatable bonds is 5. The topological polar surface area (TPSA) is 58.6 Å². The largest absolute Gasteiger partial charge is 0.497 e. The Balaban J connectivity index is 2.70. The summed E-state index contributed by atoms with van der Waals surface area (Å²) in [6.45, 7) is 7.63. The Bertz CT molecular complexity index is 489. The summed E-state index contributed by atoms with van der Waals surface area (Å²) in [4.78, 5) is 25.2. The van der Waals surface area contributed by atoms with Crippen molar-refractivity contribution in [3.05, 3.63) is 24.3 Å². The summed E-state index contributed by atoms with van der Waals surface area (Å²) < 4.78 is 5.09. The van der Waals surface area contributed by atoms with E-state index in [0.29, 0.717) is 6.54 Å². The predicted octanol–water partition coefficient (Wildman–Crippen LogP) is 2.35. The molecule has 0 atom stereocenters. The van der Waals surface area contributed by atoms with Gasteiger partial charge in [0.2, 0.25) is 11.8 Å². The van der Waals surface area contributed by atoms with Gasteiger partial charge in [0.15, 0.2) is 0 Å². The van der Waals surface area contributed by atoms with Gasteiger partial charge in [0.1, 0.15) is 5.75 Å². The number of anilines is 1. The molecule has 1 N–H and O–H groups in total. The molecule has 0 heterocycles. The van der Waals surface area contributed by atoms with Crippen molar-refractivity contribution >= 4 is 17.5 Å². The first-order valence-electron chi connectivity index (χ1n) is 6.96. The molecule has 0 aliphatic carbocycles. The SMILES string of the molecule is COc1ccc(N(CCC(=O)NC(C)(C)C)C(C)=O)cc1. The van der Waals surface area contributed by atoms with Gasteiger partial charge in [0.05, 0.1) is 7.11 Å². The molecule has 0 aliphatic rings. The van der Waals surface area contributed by atoms with Crippen LogP contribution in [0.15, 0.2) is 24.3 Å². The van der Waals surface area contributed by atoms with E-state index in [4.69, 9.17) is 4.74 Å². The molecule has 21 heavy (non-hydrogen) atoms. The molecule has 0 fully saturated rings. The van der Waals surface area contributed by atoms with Crippen molar-refractivity contribution in [1.29, 1.82) is 0 Å². The molecule has 0 unspecified atom stereocenters. The predicted molar refractivity (Wildman–Crippen MR) is 83.5 cm³/mol. The summed E-state index contributed by atoms with van der Waals surface area (Å²) in [6, 6.07) is 7.20. The molecule has 0 radical (unpaired) electrons. The second kappa shape index (κ2) is 7.11. The molecule has 1 aromatic rings. The molecule has 0 saturated carbocycles. The number of amides is 2. The third-order valence-corrected chi connectivity index (χ3v) is 2.84. The lowest BCUT2D eigenvalue weighted by atomic mass is 10.1. The van der Waals surface area contributed by atoms with Crippen LogP contribution in [-0.4, -0.2) is 31.0 Å². The molecular formula is C16H24N2O3. The van der Waals surface area contributed by atoms with E-state index in [1.807, 2.05) is 32.9 Å². The minimum atomic E-state index is -0.266. The standard InChI is InChI=1S/C16H24N2O3/c1-12(19)18(11-10-15(20)17-16(2,3)4)13-6-8-14(21-5)9-7-13/h6-9H,10-11H2,1-5H3,(H,17,20). The molecule has 116 valence electrons. The van der Waals surface area contributed by atoms with Crippen molar-refractivity contribution in [3.63, 3.8) is 0 Å². The van der Waals surface area contributed by atoms with E-state index in [2.05, 4.69) is 5.32 Å². The van der Waals surface area contributed by atoms with Crippen LogP contribution < -0.4 is 15.0 Å². The van der Waals surface area contributed by atoms with E-state index >= 15 is 0 Å². The van der Waals surface area contributed by atoms with E-state index in [1.165, 1.54) is 6.92 Å². The van der Waals surface area contributed by atoms with E-state index in [1.54, 1.807) is 24.1 Å². The van der Waals surface area contributed by atoms with E-state index in [9.17, 15) is 9.59 Å². The Morgan fingerprint density at radius 2 is 1.76 bits per heavy atom. The van der Waals surface area contributed by atoms with Crippen LogP contribution in [0.4, 0.5) is 5.69 Å². The van der Waals surface area contributed by atoms with Crippen molar-refractivity contribution in [2.45, 2.75) is 39.7 Å². The van der Waals surface area contributed by atoms with Gasteiger partial charge in [-0.05, 0) is 45.0 Å². The van der Waals surface area contributed by atoms with Crippen LogP contribution in [0.3, 0.4) is 0 Å². The zero-order chi connectivity index (χ0) is 16.0. The fraction of sp³-hybridized carbons (Fsp3) is 0.500. The number of hydrogen-bond acceptors (Lipinski definition) is 3. The Hall–Kier alpha value is -2.04. The number of nitrogens with one attached hydrogen (secondary N) is 1. The molecule has 0 spiro atoms. The highest BCUT2D eigenvalue weighted by atomic mass is 16.5. The highest BCUT2D eigenvalue weighted by Crippen LogP contribution is 2.19. The molecule has 0 aromatic heterocycles. The minimum absolute atomic E-state index is 0.0674. The zero-order valence-electron chi connectivity index (χ0n) is 13.4. The van der Waals surface area contributed by atoms with Gasteiger partial charge in [0.25, 0.3) is 0 Å². The molecule has 0 aliphatic heterocycles. The summed E-state index contributed by atoms with van der Waals surface area (Å²) >= 11 is 0. The fourth-order valence-electron chi connectivity index (χ4n) is 1.92. The van der Waals surface area contributed by atoms with Gasteiger partial charge in [-0.1, -0.05) is 0 Å². The van der Waals surface area contributed by atoms with Gasteiger partial charge in [-0.3, -0.25) is 9.59 Å². The van der Waals surface area contributed by atoms with E-state index in [-0.39, 0.29) is 23.8 Å². The van der Waals surface area contributed by atoms with Crippen LogP contribution >= 0.6 is 0 Å². The number of nitrogens with zero attached hydrogens (tertiary/aromatic N) is 1. The third-order valence-electron chi connectivity index (χ3n) is 2.84. The van der Waals surface area contributed by atoms with Gasteiger partial charge < -0.3 is 15.0 Å². The lowest BCUT2D eigenvalue weighted by Crippen LogP contribution is -2.42. The summed E-state index contributed by atoms with van der Waals surface area (Å²) in [5.74, 6) is 0.568. The van der Waals surface area contributed by atoms with Crippen LogP contribution in [0.2, 0.25) is 0 Å². The summed E-state index contributed by atoms with van der Waals surface area (Å²) in [5, 5.41) is 2.89. The van der Waals surface area contributed by atoms with Crippen molar-refractivity contribution in [2.75, 3.05) is 18.6 Å². The Labute approximate surface area is 126 Å². The Morgan fingerprint density at radius 3 is 2.19 bits per heavy atom. The minimum Gasteiger partial charge on any atom is -0.497 e. The number of ether oxygens (including phenoxy) is 1. The number of carbonyl (C=O) groups is 2. The molecule has 2 amide bonds.